The largest absolute Gasteiger partial charge is 0.511 e. The van der Waals surface area contributed by atoms with E-state index in [4.69, 9.17) is 4.74 Å². The van der Waals surface area contributed by atoms with E-state index in [1.165, 1.54) is 26.2 Å². The van der Waals surface area contributed by atoms with Crippen LogP contribution in [0.1, 0.15) is 84.8 Å². The van der Waals surface area contributed by atoms with Gasteiger partial charge in [-0.25, -0.2) is 0 Å². The van der Waals surface area contributed by atoms with Crippen LogP contribution in [0.3, 0.4) is 0 Å². The fraction of sp³-hybridized carbons (Fsp3) is 0.688. The van der Waals surface area contributed by atoms with Crippen molar-refractivity contribution < 1.29 is 24.5 Å². The highest BCUT2D eigenvalue weighted by Crippen LogP contribution is 2.89. The van der Waals surface area contributed by atoms with E-state index in [-0.39, 0.29) is 34.7 Å². The molecule has 8 rings (SSSR count). The molecular weight excluding hydrogens is 464 g/mol. The number of Topliss-reactive ketones (excluding diaryl/α,β-unsaturated/α-hetero) is 2. The summed E-state index contributed by atoms with van der Waals surface area (Å²) in [6.45, 7) is 10.4. The van der Waals surface area contributed by atoms with E-state index in [0.717, 1.165) is 12.0 Å². The molecule has 10 atom stereocenters. The van der Waals surface area contributed by atoms with E-state index in [0.29, 0.717) is 36.0 Å². The van der Waals surface area contributed by atoms with Crippen LogP contribution in [0.25, 0.3) is 0 Å². The first kappa shape index (κ1) is 24.1. The molecule has 0 amide bonds. The van der Waals surface area contributed by atoms with Gasteiger partial charge in [-0.1, -0.05) is 57.5 Å². The lowest BCUT2D eigenvalue weighted by molar-refractivity contribution is -0.256. The molecule has 4 saturated carbocycles. The molecule has 6 aliphatic carbocycles. The lowest BCUT2D eigenvalue weighted by atomic mass is 9.39. The van der Waals surface area contributed by atoms with Gasteiger partial charge in [0.15, 0.2) is 17.2 Å². The van der Waals surface area contributed by atoms with Crippen LogP contribution < -0.4 is 0 Å². The van der Waals surface area contributed by atoms with Crippen molar-refractivity contribution in [2.24, 2.45) is 45.8 Å². The van der Waals surface area contributed by atoms with Gasteiger partial charge in [-0.15, -0.1) is 0 Å². The predicted molar refractivity (Wildman–Crippen MR) is 138 cm³/mol. The van der Waals surface area contributed by atoms with Crippen LogP contribution in [-0.4, -0.2) is 33.0 Å². The standard InChI is InChI=1S/C32H40O5/c1-17(2)20-12-9-13-31-18(3)15-30(25(31)23(20)31)16-32-24(26(34)28(30,4)27(35)29(32,5)36)21(33)14-22(37-32)19-10-7-6-8-11-19/h6-8,10-11,17-18,20,22-23,25,34,36H,9,12-16H2,1-5H3/t18-,20-,22+,23+,25-,28+,29+,30?,31?,32+/m1/s1. The van der Waals surface area contributed by atoms with Gasteiger partial charge in [0, 0.05) is 6.42 Å². The van der Waals surface area contributed by atoms with Gasteiger partial charge >= 0.3 is 0 Å². The minimum Gasteiger partial charge on any atom is -0.511 e. The minimum absolute atomic E-state index is 0.0975. The first-order valence-electron chi connectivity index (χ1n) is 14.4. The number of carbonyl (C=O) groups excluding carboxylic acids is 2. The van der Waals surface area contributed by atoms with Gasteiger partial charge in [0.25, 0.3) is 0 Å². The molecule has 1 aromatic carbocycles. The highest BCUT2D eigenvalue weighted by Gasteiger charge is 2.89. The number of ether oxygens (including phenoxy) is 1. The number of benzene rings is 1. The van der Waals surface area contributed by atoms with E-state index < -0.39 is 28.1 Å². The molecule has 5 nitrogen and oxygen atoms in total. The molecule has 1 aliphatic heterocycles. The molecular formula is C32H40O5. The van der Waals surface area contributed by atoms with Gasteiger partial charge in [-0.2, -0.15) is 0 Å². The maximum Gasteiger partial charge on any atom is 0.181 e. The SMILES string of the molecule is CC(C)[C@H]1CCCC23[C@@H]1[C@@H]2C1(C[C@H]3C)C[C@]23O[C@H](c4ccccc4)CC(=O)C2=C(O)[C@@]1(C)C(=O)[C@]3(C)O. The Hall–Kier alpha value is -1.98. The monoisotopic (exact) mass is 504 g/mol. The van der Waals surface area contributed by atoms with Crippen molar-refractivity contribution in [3.8, 4) is 0 Å². The van der Waals surface area contributed by atoms with Gasteiger partial charge in [0.1, 0.15) is 11.4 Å². The summed E-state index contributed by atoms with van der Waals surface area (Å²) in [6, 6.07) is 9.61. The predicted octanol–water partition coefficient (Wildman–Crippen LogP) is 5.73. The van der Waals surface area contributed by atoms with Crippen molar-refractivity contribution >= 4 is 11.6 Å². The van der Waals surface area contributed by atoms with E-state index in [2.05, 4.69) is 20.8 Å². The Kier molecular flexibility index (Phi) is 4.53. The fourth-order valence-electron chi connectivity index (χ4n) is 11.1. The second kappa shape index (κ2) is 6.96. The topological polar surface area (TPSA) is 83.8 Å². The van der Waals surface area contributed by atoms with Crippen LogP contribution in [-0.2, 0) is 14.3 Å². The van der Waals surface area contributed by atoms with Crippen LogP contribution >= 0.6 is 0 Å². The number of carbonyl (C=O) groups is 2. The number of rotatable bonds is 2. The zero-order valence-electron chi connectivity index (χ0n) is 22.7. The Bertz CT molecular complexity index is 1250. The van der Waals surface area contributed by atoms with Crippen LogP contribution in [0, 0.1) is 45.8 Å². The highest BCUT2D eigenvalue weighted by atomic mass is 16.5. The lowest BCUT2D eigenvalue weighted by Gasteiger charge is -2.67. The van der Waals surface area contributed by atoms with Gasteiger partial charge in [0.05, 0.1) is 17.1 Å². The third-order valence-corrected chi connectivity index (χ3v) is 12.6. The van der Waals surface area contributed by atoms with Crippen molar-refractivity contribution in [3.63, 3.8) is 0 Å². The molecule has 2 N–H and O–H groups in total. The third kappa shape index (κ3) is 2.38. The molecule has 1 aromatic rings. The van der Waals surface area contributed by atoms with E-state index in [1.54, 1.807) is 0 Å². The molecule has 1 heterocycles. The first-order valence-corrected chi connectivity index (χ1v) is 14.4. The normalized spacial score (nSPS) is 51.9. The average Bonchev–Trinajstić information content (AvgIpc) is 3.51. The second-order valence-corrected chi connectivity index (χ2v) is 14.1. The van der Waals surface area contributed by atoms with E-state index in [9.17, 15) is 19.8 Å². The van der Waals surface area contributed by atoms with Crippen molar-refractivity contribution in [1.82, 2.24) is 0 Å². The van der Waals surface area contributed by atoms with Gasteiger partial charge in [-0.3, -0.25) is 9.59 Å². The summed E-state index contributed by atoms with van der Waals surface area (Å²) in [5.41, 5.74) is -4.03. The highest BCUT2D eigenvalue weighted by molar-refractivity contribution is 6.09. The summed E-state index contributed by atoms with van der Waals surface area (Å²) in [7, 11) is 0. The Balaban J connectivity index is 1.44. The summed E-state index contributed by atoms with van der Waals surface area (Å²) in [5, 5.41) is 24.0. The summed E-state index contributed by atoms with van der Waals surface area (Å²) in [5.74, 6) is 1.73. The molecule has 7 aliphatic rings. The van der Waals surface area contributed by atoms with Crippen LogP contribution in [0.15, 0.2) is 41.7 Å². The zero-order valence-corrected chi connectivity index (χ0v) is 22.7. The molecule has 5 heteroatoms. The first-order chi connectivity index (χ1) is 17.4. The lowest BCUT2D eigenvalue weighted by Crippen LogP contribution is -2.78. The number of aliphatic hydroxyl groups excluding tert-OH is 1. The van der Waals surface area contributed by atoms with Gasteiger partial charge in [-0.05, 0) is 85.5 Å². The van der Waals surface area contributed by atoms with Crippen molar-refractivity contribution in [1.29, 1.82) is 0 Å². The fourth-order valence-corrected chi connectivity index (χ4v) is 11.1. The van der Waals surface area contributed by atoms with Gasteiger partial charge < -0.3 is 14.9 Å². The summed E-state index contributed by atoms with van der Waals surface area (Å²) in [6.07, 6.45) is 4.37. The quantitative estimate of drug-likeness (QED) is 0.538. The van der Waals surface area contributed by atoms with E-state index in [1.807, 2.05) is 37.3 Å². The zero-order chi connectivity index (χ0) is 26.3. The number of hydrogen-bond donors (Lipinski definition) is 2. The maximum atomic E-state index is 14.5. The maximum absolute atomic E-state index is 14.5. The number of ketones is 2. The van der Waals surface area contributed by atoms with Crippen LogP contribution in [0.2, 0.25) is 0 Å². The Morgan fingerprint density at radius 1 is 1.11 bits per heavy atom. The molecule has 1 saturated heterocycles. The van der Waals surface area contributed by atoms with Crippen molar-refractivity contribution in [2.75, 3.05) is 0 Å². The van der Waals surface area contributed by atoms with Crippen molar-refractivity contribution in [3.05, 3.63) is 47.2 Å². The van der Waals surface area contributed by atoms with Crippen molar-refractivity contribution in [2.45, 2.75) is 90.4 Å². The molecule has 198 valence electrons. The molecule has 3 spiro atoms. The summed E-state index contributed by atoms with van der Waals surface area (Å²) >= 11 is 0. The smallest absolute Gasteiger partial charge is 0.181 e. The van der Waals surface area contributed by atoms with Crippen LogP contribution in [0.5, 0.6) is 0 Å². The molecule has 2 bridgehead atoms. The van der Waals surface area contributed by atoms with E-state index >= 15 is 0 Å². The van der Waals surface area contributed by atoms with Gasteiger partial charge in [0.2, 0.25) is 0 Å². The minimum atomic E-state index is -1.89. The number of fused-ring (bicyclic) bond motifs is 2. The number of hydrogen-bond acceptors (Lipinski definition) is 5. The Morgan fingerprint density at radius 3 is 2.49 bits per heavy atom. The second-order valence-electron chi connectivity index (χ2n) is 14.1. The molecule has 5 fully saturated rings. The molecule has 0 aromatic heterocycles. The molecule has 2 unspecified atom stereocenters. The van der Waals surface area contributed by atoms with Crippen LogP contribution in [0.4, 0.5) is 0 Å². The summed E-state index contributed by atoms with van der Waals surface area (Å²) in [4.78, 5) is 28.2. The Morgan fingerprint density at radius 2 is 1.81 bits per heavy atom. The Labute approximate surface area is 219 Å². The molecule has 0 radical (unpaired) electrons. The molecule has 37 heavy (non-hydrogen) atoms. The average molecular weight is 505 g/mol. The number of aliphatic hydroxyl groups is 2. The summed E-state index contributed by atoms with van der Waals surface area (Å²) < 4.78 is 6.83. The number of allylic oxidation sites excluding steroid dienone is 1. The third-order valence-electron chi connectivity index (χ3n) is 12.6.